The topological polar surface area (TPSA) is 79.2 Å². The summed E-state index contributed by atoms with van der Waals surface area (Å²) < 4.78 is 1.73. The van der Waals surface area contributed by atoms with Crippen LogP contribution in [0.3, 0.4) is 0 Å². The summed E-state index contributed by atoms with van der Waals surface area (Å²) in [7, 11) is 1.86. The number of nitrogens with one attached hydrogen (secondary N) is 1. The summed E-state index contributed by atoms with van der Waals surface area (Å²) in [5, 5.41) is 9.00. The average molecular weight is 455 g/mol. The molecule has 0 atom stereocenters. The highest BCUT2D eigenvalue weighted by Crippen LogP contribution is 2.33. The maximum atomic E-state index is 12.5. The van der Waals surface area contributed by atoms with Crippen molar-refractivity contribution in [1.82, 2.24) is 24.6 Å². The van der Waals surface area contributed by atoms with Gasteiger partial charge in [0.1, 0.15) is 12.1 Å². The van der Waals surface area contributed by atoms with E-state index in [1.54, 1.807) is 29.3 Å². The third-order valence-electron chi connectivity index (χ3n) is 4.82. The van der Waals surface area contributed by atoms with Gasteiger partial charge in [-0.3, -0.25) is 14.4 Å². The number of benzene rings is 1. The first kappa shape index (κ1) is 20.2. The van der Waals surface area contributed by atoms with Crippen LogP contribution < -0.4 is 10.2 Å². The van der Waals surface area contributed by atoms with Gasteiger partial charge in [0, 0.05) is 38.2 Å². The monoisotopic (exact) mass is 453 g/mol. The van der Waals surface area contributed by atoms with Crippen LogP contribution in [0.4, 0.5) is 11.5 Å². The van der Waals surface area contributed by atoms with Crippen molar-refractivity contribution in [2.45, 2.75) is 0 Å². The van der Waals surface area contributed by atoms with Gasteiger partial charge < -0.3 is 10.2 Å². The zero-order valence-corrected chi connectivity index (χ0v) is 17.8. The number of rotatable bonds is 4. The predicted molar refractivity (Wildman–Crippen MR) is 115 cm³/mol. The molecule has 0 unspecified atom stereocenters. The Morgan fingerprint density at radius 2 is 1.79 bits per heavy atom. The van der Waals surface area contributed by atoms with Gasteiger partial charge in [-0.25, -0.2) is 9.97 Å². The average Bonchev–Trinajstić information content (AvgIpc) is 3.07. The summed E-state index contributed by atoms with van der Waals surface area (Å²) in [4.78, 5) is 25.4. The minimum Gasteiger partial charge on any atom is -0.353 e. The van der Waals surface area contributed by atoms with Crippen molar-refractivity contribution in [3.8, 4) is 0 Å². The van der Waals surface area contributed by atoms with Crippen molar-refractivity contribution in [3.05, 3.63) is 39.7 Å². The fourth-order valence-electron chi connectivity index (χ4n) is 3.36. The molecule has 0 aliphatic carbocycles. The lowest BCUT2D eigenvalue weighted by atomic mass is 10.2. The first-order valence-electron chi connectivity index (χ1n) is 8.97. The van der Waals surface area contributed by atoms with Gasteiger partial charge in [-0.05, 0) is 12.1 Å². The van der Waals surface area contributed by atoms with Crippen LogP contribution in [-0.2, 0) is 11.8 Å². The molecule has 0 spiro atoms. The molecule has 0 bridgehead atoms. The number of aryl methyl sites for hydroxylation is 1. The quantitative estimate of drug-likeness (QED) is 0.653. The first-order valence-corrected chi connectivity index (χ1v) is 10.1. The summed E-state index contributed by atoms with van der Waals surface area (Å²) in [6, 6.07) is 3.09. The van der Waals surface area contributed by atoms with Crippen LogP contribution in [0.25, 0.3) is 11.0 Å². The third-order valence-corrected chi connectivity index (χ3v) is 5.63. The van der Waals surface area contributed by atoms with Gasteiger partial charge in [-0.1, -0.05) is 34.8 Å². The van der Waals surface area contributed by atoms with Gasteiger partial charge in [0.15, 0.2) is 5.65 Å². The Labute approximate surface area is 182 Å². The Balaban J connectivity index is 1.37. The molecule has 1 aliphatic rings. The number of hydrogen-bond donors (Lipinski definition) is 1. The van der Waals surface area contributed by atoms with Crippen LogP contribution >= 0.6 is 34.8 Å². The van der Waals surface area contributed by atoms with E-state index in [-0.39, 0.29) is 12.5 Å². The number of halogens is 3. The van der Waals surface area contributed by atoms with Crippen LogP contribution in [0, 0.1) is 0 Å². The van der Waals surface area contributed by atoms with Crippen LogP contribution in [-0.4, -0.2) is 63.3 Å². The molecular weight excluding hydrogens is 437 g/mol. The number of piperazine rings is 1. The lowest BCUT2D eigenvalue weighted by Gasteiger charge is -2.35. The van der Waals surface area contributed by atoms with Gasteiger partial charge in [-0.2, -0.15) is 5.10 Å². The van der Waals surface area contributed by atoms with Crippen molar-refractivity contribution in [2.24, 2.45) is 7.05 Å². The predicted octanol–water partition coefficient (Wildman–Crippen LogP) is 3.08. The number of aromatic nitrogens is 4. The van der Waals surface area contributed by atoms with Crippen molar-refractivity contribution >= 4 is 63.2 Å². The van der Waals surface area contributed by atoms with E-state index >= 15 is 0 Å². The number of carbonyl (C=O) groups excluding carboxylic acids is 1. The molecule has 3 aromatic rings. The first-order chi connectivity index (χ1) is 13.9. The van der Waals surface area contributed by atoms with Gasteiger partial charge in [0.25, 0.3) is 0 Å². The minimum atomic E-state index is -0.179. The van der Waals surface area contributed by atoms with Gasteiger partial charge in [0.2, 0.25) is 5.91 Å². The smallest absolute Gasteiger partial charge is 0.238 e. The normalized spacial score (nSPS) is 15.1. The summed E-state index contributed by atoms with van der Waals surface area (Å²) in [6.07, 6.45) is 3.34. The van der Waals surface area contributed by atoms with Crippen LogP contribution in [0.1, 0.15) is 0 Å². The molecule has 3 heterocycles. The van der Waals surface area contributed by atoms with Crippen molar-refractivity contribution in [1.29, 1.82) is 0 Å². The number of anilines is 2. The molecule has 152 valence electrons. The zero-order chi connectivity index (χ0) is 20.5. The molecule has 1 amide bonds. The highest BCUT2D eigenvalue weighted by Gasteiger charge is 2.23. The Bertz CT molecular complexity index is 1040. The zero-order valence-electron chi connectivity index (χ0n) is 15.6. The van der Waals surface area contributed by atoms with E-state index < -0.39 is 0 Å². The molecule has 0 saturated carbocycles. The van der Waals surface area contributed by atoms with E-state index in [0.717, 1.165) is 43.0 Å². The highest BCUT2D eigenvalue weighted by molar-refractivity contribution is 6.42. The molecule has 0 radical (unpaired) electrons. The maximum absolute atomic E-state index is 12.5. The highest BCUT2D eigenvalue weighted by atomic mass is 35.5. The maximum Gasteiger partial charge on any atom is 0.238 e. The second kappa shape index (κ2) is 8.31. The number of amides is 1. The molecule has 8 nitrogen and oxygen atoms in total. The molecule has 1 aliphatic heterocycles. The Morgan fingerprint density at radius 1 is 1.10 bits per heavy atom. The lowest BCUT2D eigenvalue weighted by Crippen LogP contribution is -2.49. The summed E-state index contributed by atoms with van der Waals surface area (Å²) >= 11 is 18.2. The van der Waals surface area contributed by atoms with Crippen molar-refractivity contribution in [2.75, 3.05) is 42.9 Å². The number of nitrogens with zero attached hydrogens (tertiary/aromatic N) is 6. The van der Waals surface area contributed by atoms with Crippen LogP contribution in [0.5, 0.6) is 0 Å². The second-order valence-electron chi connectivity index (χ2n) is 6.76. The fraction of sp³-hybridized carbons (Fsp3) is 0.333. The molecule has 2 aromatic heterocycles. The van der Waals surface area contributed by atoms with E-state index in [1.807, 2.05) is 7.05 Å². The Hall–Kier alpha value is -2.13. The molecule has 1 saturated heterocycles. The van der Waals surface area contributed by atoms with E-state index in [9.17, 15) is 4.79 Å². The van der Waals surface area contributed by atoms with E-state index in [2.05, 4.69) is 30.2 Å². The standard InChI is InChI=1S/C18H18Cl3N7O/c1-26-17-12(8-24-26)18(23-10-22-17)28-4-2-27(3-5-28)9-15(29)25-16-13(20)6-11(19)7-14(16)21/h6-8,10H,2-5,9H2,1H3,(H,25,29). The van der Waals surface area contributed by atoms with Gasteiger partial charge in [0.05, 0.1) is 33.9 Å². The van der Waals surface area contributed by atoms with Gasteiger partial charge in [-0.15, -0.1) is 0 Å². The number of hydrogen-bond acceptors (Lipinski definition) is 6. The lowest BCUT2D eigenvalue weighted by molar-refractivity contribution is -0.117. The number of fused-ring (bicyclic) bond motifs is 1. The Morgan fingerprint density at radius 3 is 2.48 bits per heavy atom. The summed E-state index contributed by atoms with van der Waals surface area (Å²) in [6.45, 7) is 3.19. The Kier molecular flexibility index (Phi) is 5.78. The molecule has 1 fully saturated rings. The largest absolute Gasteiger partial charge is 0.353 e. The third kappa shape index (κ3) is 4.25. The molecule has 29 heavy (non-hydrogen) atoms. The molecule has 1 N–H and O–H groups in total. The molecule has 11 heteroatoms. The summed E-state index contributed by atoms with van der Waals surface area (Å²) in [5.41, 5.74) is 1.18. The van der Waals surface area contributed by atoms with E-state index in [4.69, 9.17) is 34.8 Å². The molecular formula is C18H18Cl3N7O. The summed E-state index contributed by atoms with van der Waals surface area (Å²) in [5.74, 6) is 0.688. The van der Waals surface area contributed by atoms with Crippen molar-refractivity contribution < 1.29 is 4.79 Å². The number of carbonyl (C=O) groups is 1. The molecule has 4 rings (SSSR count). The van der Waals surface area contributed by atoms with E-state index in [1.165, 1.54) is 0 Å². The SMILES string of the molecule is Cn1ncc2c(N3CCN(CC(=O)Nc4c(Cl)cc(Cl)cc4Cl)CC3)ncnc21. The minimum absolute atomic E-state index is 0.179. The fourth-order valence-corrected chi connectivity index (χ4v) is 4.27. The van der Waals surface area contributed by atoms with Crippen molar-refractivity contribution in [3.63, 3.8) is 0 Å². The van der Waals surface area contributed by atoms with E-state index in [0.29, 0.717) is 20.8 Å². The second-order valence-corrected chi connectivity index (χ2v) is 8.01. The van der Waals surface area contributed by atoms with Gasteiger partial charge >= 0.3 is 0 Å². The van der Waals surface area contributed by atoms with Crippen LogP contribution in [0.2, 0.25) is 15.1 Å². The molecule has 1 aromatic carbocycles. The van der Waals surface area contributed by atoms with Crippen LogP contribution in [0.15, 0.2) is 24.7 Å².